The second-order valence-corrected chi connectivity index (χ2v) is 6.20. The van der Waals surface area contributed by atoms with Crippen LogP contribution in [0.3, 0.4) is 0 Å². The van der Waals surface area contributed by atoms with Crippen molar-refractivity contribution in [3.8, 4) is 0 Å². The van der Waals surface area contributed by atoms with Gasteiger partial charge in [0, 0.05) is 17.2 Å². The molecule has 0 fully saturated rings. The highest BCUT2D eigenvalue weighted by Gasteiger charge is 2.19. The number of nitro groups is 1. The van der Waals surface area contributed by atoms with Gasteiger partial charge in [-0.1, -0.05) is 11.6 Å². The summed E-state index contributed by atoms with van der Waals surface area (Å²) < 4.78 is 9.60. The predicted octanol–water partition coefficient (Wildman–Crippen LogP) is 2.63. The Labute approximate surface area is 167 Å². The fraction of sp³-hybridized carbons (Fsp3) is 0.111. The maximum absolute atomic E-state index is 12.3. The minimum absolute atomic E-state index is 0.0525. The SMILES string of the molecule is COC(=O)c1cc(C(=O)OCc2nc3cc(Cl)ccc3c(=O)[nH]2)cc([N+](=O)[O-])c1. The number of esters is 2. The van der Waals surface area contributed by atoms with E-state index >= 15 is 0 Å². The van der Waals surface area contributed by atoms with Gasteiger partial charge in [-0.3, -0.25) is 14.9 Å². The summed E-state index contributed by atoms with van der Waals surface area (Å²) in [6.45, 7) is -0.410. The third-order valence-corrected chi connectivity index (χ3v) is 4.08. The average molecular weight is 418 g/mol. The number of nitrogens with one attached hydrogen (secondary N) is 1. The first kappa shape index (κ1) is 20.0. The molecule has 10 nitrogen and oxygen atoms in total. The number of benzene rings is 2. The molecule has 0 saturated heterocycles. The van der Waals surface area contributed by atoms with Crippen LogP contribution in [0.25, 0.3) is 10.9 Å². The first-order chi connectivity index (χ1) is 13.8. The van der Waals surface area contributed by atoms with Crippen molar-refractivity contribution in [2.75, 3.05) is 7.11 Å². The molecule has 0 aliphatic rings. The normalized spacial score (nSPS) is 10.6. The van der Waals surface area contributed by atoms with E-state index in [0.29, 0.717) is 15.9 Å². The van der Waals surface area contributed by atoms with Crippen molar-refractivity contribution in [3.63, 3.8) is 0 Å². The van der Waals surface area contributed by atoms with Gasteiger partial charge in [0.05, 0.1) is 34.1 Å². The van der Waals surface area contributed by atoms with Crippen molar-refractivity contribution in [1.29, 1.82) is 0 Å². The zero-order chi connectivity index (χ0) is 21.1. The van der Waals surface area contributed by atoms with Crippen LogP contribution in [0, 0.1) is 10.1 Å². The summed E-state index contributed by atoms with van der Waals surface area (Å²) in [7, 11) is 1.10. The van der Waals surface area contributed by atoms with Gasteiger partial charge in [-0.25, -0.2) is 14.6 Å². The van der Waals surface area contributed by atoms with Crippen LogP contribution in [0.4, 0.5) is 5.69 Å². The number of carbonyl (C=O) groups excluding carboxylic acids is 2. The second-order valence-electron chi connectivity index (χ2n) is 5.77. The van der Waals surface area contributed by atoms with Crippen molar-refractivity contribution in [3.05, 3.63) is 78.8 Å². The maximum Gasteiger partial charge on any atom is 0.338 e. The van der Waals surface area contributed by atoms with E-state index in [9.17, 15) is 24.5 Å². The number of hydrogen-bond acceptors (Lipinski definition) is 8. The number of fused-ring (bicyclic) bond motifs is 1. The third-order valence-electron chi connectivity index (χ3n) is 3.84. The van der Waals surface area contributed by atoms with Crippen LogP contribution < -0.4 is 5.56 Å². The third kappa shape index (κ3) is 4.38. The lowest BCUT2D eigenvalue weighted by molar-refractivity contribution is -0.384. The summed E-state index contributed by atoms with van der Waals surface area (Å²) in [5, 5.41) is 11.7. The van der Waals surface area contributed by atoms with Crippen molar-refractivity contribution >= 4 is 40.1 Å². The van der Waals surface area contributed by atoms with E-state index in [4.69, 9.17) is 16.3 Å². The molecule has 148 valence electrons. The summed E-state index contributed by atoms with van der Waals surface area (Å²) in [6.07, 6.45) is 0. The first-order valence-corrected chi connectivity index (χ1v) is 8.39. The topological polar surface area (TPSA) is 141 Å². The van der Waals surface area contributed by atoms with Gasteiger partial charge in [0.15, 0.2) is 0 Å². The lowest BCUT2D eigenvalue weighted by atomic mass is 10.1. The molecule has 29 heavy (non-hydrogen) atoms. The highest BCUT2D eigenvalue weighted by atomic mass is 35.5. The molecule has 0 amide bonds. The lowest BCUT2D eigenvalue weighted by Gasteiger charge is -2.07. The maximum atomic E-state index is 12.3. The fourth-order valence-corrected chi connectivity index (χ4v) is 2.68. The zero-order valence-corrected chi connectivity index (χ0v) is 15.6. The van der Waals surface area contributed by atoms with Crippen LogP contribution >= 0.6 is 11.6 Å². The molecular weight excluding hydrogens is 406 g/mol. The van der Waals surface area contributed by atoms with Crippen molar-refractivity contribution in [2.45, 2.75) is 6.61 Å². The molecule has 0 aliphatic heterocycles. The number of aromatic amines is 1. The molecule has 0 unspecified atom stereocenters. The molecule has 2 aromatic carbocycles. The highest BCUT2D eigenvalue weighted by molar-refractivity contribution is 6.31. The Morgan fingerprint density at radius 3 is 2.52 bits per heavy atom. The largest absolute Gasteiger partial charge is 0.465 e. The summed E-state index contributed by atoms with van der Waals surface area (Å²) in [4.78, 5) is 53.0. The number of H-pyrrole nitrogens is 1. The van der Waals surface area contributed by atoms with Crippen LogP contribution in [0.15, 0.2) is 41.2 Å². The molecule has 11 heteroatoms. The lowest BCUT2D eigenvalue weighted by Crippen LogP contribution is -2.15. The van der Waals surface area contributed by atoms with E-state index in [1.807, 2.05) is 0 Å². The van der Waals surface area contributed by atoms with Crippen LogP contribution in [-0.4, -0.2) is 33.9 Å². The number of ether oxygens (including phenoxy) is 2. The van der Waals surface area contributed by atoms with E-state index in [2.05, 4.69) is 14.7 Å². The van der Waals surface area contributed by atoms with E-state index in [0.717, 1.165) is 25.3 Å². The minimum Gasteiger partial charge on any atom is -0.465 e. The van der Waals surface area contributed by atoms with Crippen molar-refractivity contribution in [2.24, 2.45) is 0 Å². The molecule has 0 aliphatic carbocycles. The van der Waals surface area contributed by atoms with Gasteiger partial charge in [0.25, 0.3) is 11.2 Å². The Hall–Kier alpha value is -3.79. The van der Waals surface area contributed by atoms with Gasteiger partial charge in [-0.05, 0) is 24.3 Å². The molecule has 0 spiro atoms. The molecule has 3 aromatic rings. The summed E-state index contributed by atoms with van der Waals surface area (Å²) >= 11 is 5.89. The van der Waals surface area contributed by atoms with Gasteiger partial charge >= 0.3 is 11.9 Å². The van der Waals surface area contributed by atoms with Crippen molar-refractivity contribution in [1.82, 2.24) is 9.97 Å². The van der Waals surface area contributed by atoms with E-state index < -0.39 is 34.7 Å². The highest BCUT2D eigenvalue weighted by Crippen LogP contribution is 2.19. The Balaban J connectivity index is 1.86. The smallest absolute Gasteiger partial charge is 0.338 e. The monoisotopic (exact) mass is 417 g/mol. The Morgan fingerprint density at radius 1 is 1.17 bits per heavy atom. The predicted molar refractivity (Wildman–Crippen MR) is 101 cm³/mol. The standard InChI is InChI=1S/C18H12ClN3O7/c1-28-17(24)9-4-10(6-12(5-9)22(26)27)18(25)29-8-15-20-14-7-11(19)2-3-13(14)16(23)21-15/h2-7H,8H2,1H3,(H,20,21,23). The Bertz CT molecular complexity index is 1210. The number of aromatic nitrogens is 2. The number of carbonyl (C=O) groups is 2. The molecule has 0 atom stereocenters. The van der Waals surface area contributed by atoms with Gasteiger partial charge in [-0.2, -0.15) is 0 Å². The number of halogens is 1. The molecule has 0 radical (unpaired) electrons. The van der Waals surface area contributed by atoms with E-state index in [1.165, 1.54) is 12.1 Å². The minimum atomic E-state index is -0.951. The van der Waals surface area contributed by atoms with Gasteiger partial charge < -0.3 is 14.5 Å². The molecule has 0 saturated carbocycles. The summed E-state index contributed by atoms with van der Waals surface area (Å²) in [5.41, 5.74) is -1.02. The molecular formula is C18H12ClN3O7. The molecule has 3 rings (SSSR count). The summed E-state index contributed by atoms with van der Waals surface area (Å²) in [6, 6.07) is 7.59. The Kier molecular flexibility index (Phi) is 5.55. The van der Waals surface area contributed by atoms with Gasteiger partial charge in [0.2, 0.25) is 0 Å². The van der Waals surface area contributed by atoms with Crippen LogP contribution in [0.1, 0.15) is 26.5 Å². The average Bonchev–Trinajstić information content (AvgIpc) is 2.70. The van der Waals surface area contributed by atoms with E-state index in [1.54, 1.807) is 6.07 Å². The number of methoxy groups -OCH3 is 1. The van der Waals surface area contributed by atoms with Crippen LogP contribution in [0.2, 0.25) is 5.02 Å². The Morgan fingerprint density at radius 2 is 1.86 bits per heavy atom. The number of nitro benzene ring substituents is 1. The summed E-state index contributed by atoms with van der Waals surface area (Å²) in [5.74, 6) is -1.75. The van der Waals surface area contributed by atoms with Gasteiger partial charge in [0.1, 0.15) is 12.4 Å². The molecule has 1 aromatic heterocycles. The quantitative estimate of drug-likeness (QED) is 0.379. The van der Waals surface area contributed by atoms with E-state index in [-0.39, 0.29) is 17.0 Å². The molecule has 0 bridgehead atoms. The fourth-order valence-electron chi connectivity index (χ4n) is 2.52. The van der Waals surface area contributed by atoms with Crippen LogP contribution in [0.5, 0.6) is 0 Å². The number of non-ortho nitro benzene ring substituents is 1. The number of rotatable bonds is 5. The molecule has 1 N–H and O–H groups in total. The number of nitrogens with zero attached hydrogens (tertiary/aromatic N) is 2. The van der Waals surface area contributed by atoms with Gasteiger partial charge in [-0.15, -0.1) is 0 Å². The van der Waals surface area contributed by atoms with Crippen molar-refractivity contribution < 1.29 is 24.0 Å². The molecule has 1 heterocycles. The number of hydrogen-bond donors (Lipinski definition) is 1. The second kappa shape index (κ2) is 8.07. The zero-order valence-electron chi connectivity index (χ0n) is 14.8. The van der Waals surface area contributed by atoms with Crippen LogP contribution in [-0.2, 0) is 16.1 Å². The first-order valence-electron chi connectivity index (χ1n) is 8.02.